The van der Waals surface area contributed by atoms with Crippen LogP contribution in [0.15, 0.2) is 24.4 Å². The van der Waals surface area contributed by atoms with Crippen molar-refractivity contribution in [1.82, 2.24) is 19.3 Å². The Balaban J connectivity index is 1.70. The van der Waals surface area contributed by atoms with Gasteiger partial charge >= 0.3 is 6.18 Å². The normalized spacial score (nSPS) is 15.5. The van der Waals surface area contributed by atoms with Crippen LogP contribution in [0.5, 0.6) is 0 Å². The van der Waals surface area contributed by atoms with Crippen molar-refractivity contribution in [3.63, 3.8) is 0 Å². The Bertz CT molecular complexity index is 1100. The number of imidazole rings is 1. The van der Waals surface area contributed by atoms with Crippen LogP contribution in [0.3, 0.4) is 0 Å². The average molecular weight is 432 g/mol. The van der Waals surface area contributed by atoms with Gasteiger partial charge in [0.2, 0.25) is 5.78 Å². The van der Waals surface area contributed by atoms with Crippen LogP contribution in [-0.2, 0) is 19.3 Å². The Kier molecular flexibility index (Phi) is 5.68. The molecule has 1 atom stereocenters. The monoisotopic (exact) mass is 431 g/mol. The van der Waals surface area contributed by atoms with Crippen LogP contribution in [0, 0.1) is 13.8 Å². The Morgan fingerprint density at radius 3 is 2.68 bits per heavy atom. The van der Waals surface area contributed by atoms with Gasteiger partial charge in [0.25, 0.3) is 0 Å². The van der Waals surface area contributed by atoms with Crippen LogP contribution in [0.2, 0.25) is 0 Å². The Morgan fingerprint density at radius 2 is 1.97 bits per heavy atom. The second kappa shape index (κ2) is 8.15. The summed E-state index contributed by atoms with van der Waals surface area (Å²) in [6.07, 6.45) is -0.315. The summed E-state index contributed by atoms with van der Waals surface area (Å²) >= 11 is 0. The first-order chi connectivity index (χ1) is 14.7. The van der Waals surface area contributed by atoms with Crippen molar-refractivity contribution in [3.8, 4) is 0 Å². The van der Waals surface area contributed by atoms with Gasteiger partial charge in [-0.25, -0.2) is 4.98 Å². The fraction of sp³-hybridized carbons (Fsp3) is 0.478. The number of benzene rings is 1. The molecule has 4 rings (SSSR count). The minimum absolute atomic E-state index is 0.244. The van der Waals surface area contributed by atoms with E-state index in [2.05, 4.69) is 26.5 Å². The third-order valence-corrected chi connectivity index (χ3v) is 6.12. The molecule has 2 aromatic heterocycles. The Labute approximate surface area is 180 Å². The molecular weight excluding hydrogens is 403 g/mol. The van der Waals surface area contributed by atoms with Gasteiger partial charge < -0.3 is 5.32 Å². The molecule has 0 spiro atoms. The summed E-state index contributed by atoms with van der Waals surface area (Å²) in [5.41, 5.74) is 3.55. The van der Waals surface area contributed by atoms with Crippen molar-refractivity contribution in [1.29, 1.82) is 0 Å². The molecule has 0 radical (unpaired) electrons. The standard InChI is InChI=1S/C23H28F3N5/c1-5-6-10-30-12-18-20(13-30)31-14(2)11-27-22(31)29-21(18)28-16(4)17-8-7-9-19(15(17)3)23(24,25)26/h7-9,11,16H,5-6,10,12-13H2,1-4H3,(H,27,28,29)/t16-/m1/s1. The number of alkyl halides is 3. The van der Waals surface area contributed by atoms with E-state index in [4.69, 9.17) is 4.98 Å². The largest absolute Gasteiger partial charge is 0.416 e. The zero-order chi connectivity index (χ0) is 22.3. The molecule has 1 aliphatic rings. The number of nitrogens with zero attached hydrogens (tertiary/aromatic N) is 4. The summed E-state index contributed by atoms with van der Waals surface area (Å²) in [6.45, 7) is 10.2. The molecule has 31 heavy (non-hydrogen) atoms. The highest BCUT2D eigenvalue weighted by atomic mass is 19.4. The van der Waals surface area contributed by atoms with Gasteiger partial charge in [-0.15, -0.1) is 0 Å². The fourth-order valence-electron chi connectivity index (χ4n) is 4.47. The van der Waals surface area contributed by atoms with E-state index in [1.165, 1.54) is 13.0 Å². The lowest BCUT2D eigenvalue weighted by Gasteiger charge is -2.21. The second-order valence-electron chi connectivity index (χ2n) is 8.37. The number of hydrogen-bond donors (Lipinski definition) is 1. The lowest BCUT2D eigenvalue weighted by Crippen LogP contribution is -2.18. The number of hydrogen-bond acceptors (Lipinski definition) is 4. The zero-order valence-electron chi connectivity index (χ0n) is 18.3. The van der Waals surface area contributed by atoms with E-state index in [9.17, 15) is 13.2 Å². The SMILES string of the molecule is CCCCN1Cc2c(N[C@H](C)c3cccc(C(F)(F)F)c3C)nc3ncc(C)n3c2C1. The minimum atomic E-state index is -4.37. The van der Waals surface area contributed by atoms with Gasteiger partial charge in [-0.3, -0.25) is 9.30 Å². The first kappa shape index (κ1) is 21.6. The summed E-state index contributed by atoms with van der Waals surface area (Å²) in [5.74, 6) is 1.32. The van der Waals surface area contributed by atoms with E-state index in [0.717, 1.165) is 55.5 Å². The predicted octanol–water partition coefficient (Wildman–Crippen LogP) is 5.65. The molecule has 1 aromatic carbocycles. The molecular formula is C23H28F3N5. The highest BCUT2D eigenvalue weighted by Crippen LogP contribution is 2.36. The number of unbranched alkanes of at least 4 members (excludes halogenated alkanes) is 1. The molecule has 0 amide bonds. The number of rotatable bonds is 6. The third kappa shape index (κ3) is 4.01. The van der Waals surface area contributed by atoms with Crippen LogP contribution in [-0.4, -0.2) is 25.8 Å². The van der Waals surface area contributed by atoms with Crippen molar-refractivity contribution in [3.05, 3.63) is 58.0 Å². The molecule has 0 saturated carbocycles. The van der Waals surface area contributed by atoms with Gasteiger partial charge in [0.05, 0.1) is 17.8 Å². The van der Waals surface area contributed by atoms with Crippen LogP contribution in [0.25, 0.3) is 5.78 Å². The number of aromatic nitrogens is 3. The molecule has 3 heterocycles. The maximum atomic E-state index is 13.4. The molecule has 0 aliphatic carbocycles. The molecule has 0 saturated heterocycles. The maximum absolute atomic E-state index is 13.4. The second-order valence-corrected chi connectivity index (χ2v) is 8.37. The molecule has 166 valence electrons. The van der Waals surface area contributed by atoms with Crippen molar-refractivity contribution >= 4 is 11.6 Å². The number of halogens is 3. The molecule has 0 bridgehead atoms. The molecule has 0 unspecified atom stereocenters. The molecule has 1 N–H and O–H groups in total. The highest BCUT2D eigenvalue weighted by Gasteiger charge is 2.33. The lowest BCUT2D eigenvalue weighted by atomic mass is 9.97. The average Bonchev–Trinajstić information content (AvgIpc) is 3.29. The van der Waals surface area contributed by atoms with Crippen LogP contribution in [0.1, 0.15) is 66.4 Å². The molecule has 8 heteroatoms. The van der Waals surface area contributed by atoms with Gasteiger partial charge in [-0.2, -0.15) is 18.2 Å². The van der Waals surface area contributed by atoms with Gasteiger partial charge in [0.15, 0.2) is 0 Å². The number of aryl methyl sites for hydroxylation is 1. The van der Waals surface area contributed by atoms with E-state index in [0.29, 0.717) is 17.2 Å². The molecule has 0 fully saturated rings. The lowest BCUT2D eigenvalue weighted by molar-refractivity contribution is -0.138. The van der Waals surface area contributed by atoms with Crippen LogP contribution >= 0.6 is 0 Å². The summed E-state index contributed by atoms with van der Waals surface area (Å²) < 4.78 is 42.2. The molecule has 1 aliphatic heterocycles. The van der Waals surface area contributed by atoms with Crippen molar-refractivity contribution in [2.45, 2.75) is 65.8 Å². The van der Waals surface area contributed by atoms with Crippen molar-refractivity contribution in [2.24, 2.45) is 0 Å². The smallest absolute Gasteiger partial charge is 0.363 e. The Hall–Kier alpha value is -2.61. The third-order valence-electron chi connectivity index (χ3n) is 6.12. The minimum Gasteiger partial charge on any atom is -0.363 e. The van der Waals surface area contributed by atoms with E-state index in [1.807, 2.05) is 20.0 Å². The van der Waals surface area contributed by atoms with Crippen molar-refractivity contribution in [2.75, 3.05) is 11.9 Å². The van der Waals surface area contributed by atoms with E-state index in [1.54, 1.807) is 6.07 Å². The molecule has 3 aromatic rings. The summed E-state index contributed by atoms with van der Waals surface area (Å²) in [6, 6.07) is 4.01. The fourth-order valence-corrected chi connectivity index (χ4v) is 4.47. The van der Waals surface area contributed by atoms with Crippen LogP contribution in [0.4, 0.5) is 19.0 Å². The van der Waals surface area contributed by atoms with E-state index in [-0.39, 0.29) is 11.6 Å². The zero-order valence-corrected chi connectivity index (χ0v) is 18.3. The van der Waals surface area contributed by atoms with Gasteiger partial charge in [0, 0.05) is 30.0 Å². The highest BCUT2D eigenvalue weighted by molar-refractivity contribution is 5.56. The van der Waals surface area contributed by atoms with E-state index < -0.39 is 11.7 Å². The summed E-state index contributed by atoms with van der Waals surface area (Å²) in [5, 5.41) is 3.40. The van der Waals surface area contributed by atoms with Crippen molar-refractivity contribution < 1.29 is 13.2 Å². The van der Waals surface area contributed by atoms with Crippen LogP contribution < -0.4 is 5.32 Å². The van der Waals surface area contributed by atoms with Gasteiger partial charge in [0.1, 0.15) is 5.82 Å². The summed E-state index contributed by atoms with van der Waals surface area (Å²) in [4.78, 5) is 11.6. The van der Waals surface area contributed by atoms with E-state index >= 15 is 0 Å². The van der Waals surface area contributed by atoms with Gasteiger partial charge in [-0.05, 0) is 50.9 Å². The number of nitrogens with one attached hydrogen (secondary N) is 1. The topological polar surface area (TPSA) is 45.5 Å². The number of fused-ring (bicyclic) bond motifs is 3. The first-order valence-corrected chi connectivity index (χ1v) is 10.7. The first-order valence-electron chi connectivity index (χ1n) is 10.7. The summed E-state index contributed by atoms with van der Waals surface area (Å²) in [7, 11) is 0. The quantitative estimate of drug-likeness (QED) is 0.548. The maximum Gasteiger partial charge on any atom is 0.416 e. The number of anilines is 1. The Morgan fingerprint density at radius 1 is 1.19 bits per heavy atom. The molecule has 5 nitrogen and oxygen atoms in total. The predicted molar refractivity (Wildman–Crippen MR) is 115 cm³/mol. The van der Waals surface area contributed by atoms with Gasteiger partial charge in [-0.1, -0.05) is 25.5 Å².